The summed E-state index contributed by atoms with van der Waals surface area (Å²) in [7, 11) is -3.03. The van der Waals surface area contributed by atoms with Gasteiger partial charge in [-0.15, -0.1) is 4.67 Å². The molecule has 0 radical (unpaired) electrons. The van der Waals surface area contributed by atoms with Gasteiger partial charge in [0, 0.05) is 0 Å². The van der Waals surface area contributed by atoms with Crippen molar-refractivity contribution in [3.8, 4) is 0 Å². The van der Waals surface area contributed by atoms with Gasteiger partial charge >= 0.3 is 0 Å². The maximum atomic E-state index is 13.0. The highest BCUT2D eigenvalue weighted by Crippen LogP contribution is 2.61. The Bertz CT molecular complexity index is 465. The van der Waals surface area contributed by atoms with E-state index in [9.17, 15) is 9.69 Å². The predicted octanol–water partition coefficient (Wildman–Crippen LogP) is 2.26. The van der Waals surface area contributed by atoms with Crippen LogP contribution in [0.25, 0.3) is 0 Å². The van der Waals surface area contributed by atoms with Crippen molar-refractivity contribution < 1.29 is 14.2 Å². The molecule has 0 spiro atoms. The number of benzene rings is 1. The summed E-state index contributed by atoms with van der Waals surface area (Å²) in [6.07, 6.45) is 0.00303. The molecule has 20 heavy (non-hydrogen) atoms. The number of carbonyl (C=O) groups excluding carboxylic acids is 1. The second-order valence-corrected chi connectivity index (χ2v) is 8.05. The number of nitrogens with zero attached hydrogens (tertiary/aromatic N) is 1. The van der Waals surface area contributed by atoms with Crippen LogP contribution in [0, 0.1) is 5.92 Å². The minimum absolute atomic E-state index is 0.00303. The van der Waals surface area contributed by atoms with Crippen molar-refractivity contribution in [1.29, 1.82) is 0 Å². The fraction of sp³-hybridized carbons (Fsp3) is 0.533. The zero-order chi connectivity index (χ0) is 14.8. The lowest BCUT2D eigenvalue weighted by Crippen LogP contribution is -2.38. The Morgan fingerprint density at radius 1 is 1.45 bits per heavy atom. The van der Waals surface area contributed by atoms with Crippen LogP contribution in [-0.2, 0) is 15.9 Å². The smallest absolute Gasteiger partial charge is 0.181 e. The molecule has 1 saturated heterocycles. The molecule has 1 aromatic rings. The van der Waals surface area contributed by atoms with Gasteiger partial charge in [0.15, 0.2) is 19.8 Å². The van der Waals surface area contributed by atoms with E-state index >= 15 is 0 Å². The van der Waals surface area contributed by atoms with Gasteiger partial charge < -0.3 is 4.89 Å². The lowest BCUT2D eigenvalue weighted by atomic mass is 10.1. The Morgan fingerprint density at radius 3 is 2.65 bits per heavy atom. The van der Waals surface area contributed by atoms with Crippen LogP contribution >= 0.6 is 7.87 Å². The quantitative estimate of drug-likeness (QED) is 0.782. The third-order valence-electron chi connectivity index (χ3n) is 3.60. The summed E-state index contributed by atoms with van der Waals surface area (Å²) in [6.45, 7) is 6.65. The van der Waals surface area contributed by atoms with Crippen molar-refractivity contribution in [3.63, 3.8) is 0 Å². The van der Waals surface area contributed by atoms with E-state index < -0.39 is 7.87 Å². The molecular formula is C15H22NO3P. The van der Waals surface area contributed by atoms with E-state index in [1.165, 1.54) is 6.92 Å². The Balaban J connectivity index is 2.23. The Hall–Kier alpha value is -0.800. The monoisotopic (exact) mass is 295 g/mol. The van der Waals surface area contributed by atoms with Crippen LogP contribution in [-0.4, -0.2) is 29.3 Å². The summed E-state index contributed by atoms with van der Waals surface area (Å²) in [4.78, 5) is 24.4. The van der Waals surface area contributed by atoms with E-state index in [2.05, 4.69) is 13.8 Å². The summed E-state index contributed by atoms with van der Waals surface area (Å²) in [6, 6.07) is 10.0. The molecule has 5 heteroatoms. The molecule has 0 aromatic heterocycles. The second-order valence-electron chi connectivity index (χ2n) is 5.69. The zero-order valence-corrected chi connectivity index (χ0v) is 13.2. The van der Waals surface area contributed by atoms with E-state index in [0.717, 1.165) is 5.56 Å². The van der Waals surface area contributed by atoms with Crippen molar-refractivity contribution >= 4 is 13.7 Å². The topological polar surface area (TPSA) is 52.6 Å². The van der Waals surface area contributed by atoms with E-state index in [1.807, 2.05) is 35.0 Å². The van der Waals surface area contributed by atoms with Crippen LogP contribution in [0.2, 0.25) is 0 Å². The first-order valence-electron chi connectivity index (χ1n) is 6.96. The molecule has 0 N–H and O–H groups in total. The predicted molar refractivity (Wildman–Crippen MR) is 79.0 cm³/mol. The molecule has 0 amide bonds. The summed E-state index contributed by atoms with van der Waals surface area (Å²) in [5.74, 6) is 0.247. The van der Waals surface area contributed by atoms with Crippen LogP contribution in [0.5, 0.6) is 0 Å². The Kier molecular flexibility index (Phi) is 4.92. The lowest BCUT2D eigenvalue weighted by molar-refractivity contribution is -0.199. The third kappa shape index (κ3) is 3.44. The van der Waals surface area contributed by atoms with Crippen LogP contribution in [0.15, 0.2) is 30.3 Å². The van der Waals surface area contributed by atoms with Crippen LogP contribution in [0.4, 0.5) is 0 Å². The molecule has 0 aliphatic carbocycles. The molecule has 0 saturated carbocycles. The Morgan fingerprint density at radius 2 is 2.10 bits per heavy atom. The number of hydrogen-bond acceptors (Lipinski definition) is 4. The summed E-state index contributed by atoms with van der Waals surface area (Å²) >= 11 is 0. The molecule has 1 aliphatic heterocycles. The molecule has 1 aliphatic rings. The first kappa shape index (κ1) is 15.6. The Labute approximate surface area is 121 Å². The van der Waals surface area contributed by atoms with Crippen molar-refractivity contribution in [2.45, 2.75) is 33.4 Å². The molecule has 1 heterocycles. The van der Waals surface area contributed by atoms with Crippen LogP contribution in [0.1, 0.15) is 26.3 Å². The van der Waals surface area contributed by atoms with Gasteiger partial charge in [0.1, 0.15) is 6.61 Å². The second kappa shape index (κ2) is 6.31. The summed E-state index contributed by atoms with van der Waals surface area (Å²) in [5.41, 5.74) is 1.09. The summed E-state index contributed by atoms with van der Waals surface area (Å²) in [5, 5.41) is 0. The molecule has 2 atom stereocenters. The average Bonchev–Trinajstić information content (AvgIpc) is 2.67. The van der Waals surface area contributed by atoms with Crippen molar-refractivity contribution in [3.05, 3.63) is 35.9 Å². The van der Waals surface area contributed by atoms with Crippen molar-refractivity contribution in [2.24, 2.45) is 5.92 Å². The number of carbonyl (C=O) groups is 1. The zero-order valence-electron chi connectivity index (χ0n) is 12.3. The maximum Gasteiger partial charge on any atom is 0.181 e. The average molecular weight is 295 g/mol. The molecule has 0 bridgehead atoms. The number of ketones is 1. The van der Waals surface area contributed by atoms with Gasteiger partial charge in [-0.3, -0.25) is 4.79 Å². The lowest BCUT2D eigenvalue weighted by Gasteiger charge is -2.34. The largest absolute Gasteiger partial charge is 0.641 e. The van der Waals surface area contributed by atoms with Gasteiger partial charge in [0.2, 0.25) is 0 Å². The van der Waals surface area contributed by atoms with Crippen molar-refractivity contribution in [1.82, 2.24) is 4.67 Å². The van der Waals surface area contributed by atoms with E-state index in [4.69, 9.17) is 4.52 Å². The minimum atomic E-state index is -3.03. The van der Waals surface area contributed by atoms with Gasteiger partial charge in [0.05, 0.1) is 12.6 Å². The molecule has 1 fully saturated rings. The number of rotatable bonds is 5. The third-order valence-corrected chi connectivity index (χ3v) is 6.22. The van der Waals surface area contributed by atoms with Gasteiger partial charge in [-0.25, -0.2) is 4.52 Å². The highest BCUT2D eigenvalue weighted by Gasteiger charge is 2.50. The normalized spacial score (nSPS) is 27.1. The molecule has 4 nitrogen and oxygen atoms in total. The molecule has 1 aromatic carbocycles. The van der Waals surface area contributed by atoms with E-state index in [1.54, 1.807) is 0 Å². The molecule has 2 rings (SSSR count). The summed E-state index contributed by atoms with van der Waals surface area (Å²) < 4.78 is 7.48. The van der Waals surface area contributed by atoms with E-state index in [0.29, 0.717) is 19.1 Å². The molecule has 110 valence electrons. The fourth-order valence-electron chi connectivity index (χ4n) is 2.53. The highest BCUT2D eigenvalue weighted by molar-refractivity contribution is 7.62. The van der Waals surface area contributed by atoms with Gasteiger partial charge in [-0.05, 0) is 18.4 Å². The van der Waals surface area contributed by atoms with Crippen LogP contribution in [0.3, 0.4) is 0 Å². The minimum Gasteiger partial charge on any atom is -0.641 e. The van der Waals surface area contributed by atoms with E-state index in [-0.39, 0.29) is 18.0 Å². The molecular weight excluding hydrogens is 273 g/mol. The first-order valence-corrected chi connectivity index (χ1v) is 8.73. The van der Waals surface area contributed by atoms with Gasteiger partial charge in [-0.1, -0.05) is 44.2 Å². The highest BCUT2D eigenvalue weighted by atomic mass is 31.2. The standard InChI is InChI=1S/C15H22NO3P/c1-12(2)15-10-19-20(18,11-13(3)17)16(15)9-14-7-5-4-6-8-14/h4-8,12,15H,9-11H2,1-3H3/t15-,20?/m1/s1. The number of Topliss-reactive ketones (excluding diaryl/α,β-unsaturated/α-hetero) is 1. The van der Waals surface area contributed by atoms with Gasteiger partial charge in [0.25, 0.3) is 0 Å². The maximum absolute atomic E-state index is 13.0. The van der Waals surface area contributed by atoms with Gasteiger partial charge in [-0.2, -0.15) is 0 Å². The van der Waals surface area contributed by atoms with Crippen molar-refractivity contribution in [2.75, 3.05) is 12.8 Å². The number of hydrogen-bond donors (Lipinski definition) is 0. The SMILES string of the molecule is CC(=O)C[P+]1([O-])OC[C@H](C(C)C)N1Cc1ccccc1. The molecule has 1 unspecified atom stereocenters. The fourth-order valence-corrected chi connectivity index (χ4v) is 5.06. The van der Waals surface area contributed by atoms with Crippen LogP contribution < -0.4 is 4.89 Å². The first-order chi connectivity index (χ1) is 9.42.